The van der Waals surface area contributed by atoms with Gasteiger partial charge in [0, 0.05) is 6.54 Å². The fourth-order valence-corrected chi connectivity index (χ4v) is 1.78. The number of carbonyl (C=O) groups excluding carboxylic acids is 1. The largest absolute Gasteiger partial charge is 0.504 e. The first kappa shape index (κ1) is 16.3. The summed E-state index contributed by atoms with van der Waals surface area (Å²) in [6.07, 6.45) is 1.22. The Bertz CT molecular complexity index is 449. The molecule has 20 heavy (non-hydrogen) atoms. The number of aliphatic hydroxyl groups excluding tert-OH is 1. The second-order valence-electron chi connectivity index (χ2n) is 4.92. The second-order valence-corrected chi connectivity index (χ2v) is 4.92. The van der Waals surface area contributed by atoms with Gasteiger partial charge in [0.1, 0.15) is 0 Å². The number of aliphatic hydroxyl groups is 1. The fraction of sp³-hybridized carbons (Fsp3) is 0.500. The molecule has 6 heteroatoms. The van der Waals surface area contributed by atoms with Crippen LogP contribution in [0.1, 0.15) is 25.3 Å². The predicted molar refractivity (Wildman–Crippen MR) is 75.4 cm³/mol. The molecule has 6 N–H and O–H groups in total. The van der Waals surface area contributed by atoms with E-state index in [1.54, 1.807) is 13.0 Å². The van der Waals surface area contributed by atoms with E-state index in [0.717, 1.165) is 0 Å². The maximum atomic E-state index is 11.7. The van der Waals surface area contributed by atoms with Gasteiger partial charge in [-0.2, -0.15) is 0 Å². The molecule has 1 unspecified atom stereocenters. The highest BCUT2D eigenvalue weighted by atomic mass is 16.3. The minimum Gasteiger partial charge on any atom is -0.504 e. The topological polar surface area (TPSA) is 116 Å². The minimum absolute atomic E-state index is 0.204. The number of amides is 1. The predicted octanol–water partition coefficient (Wildman–Crippen LogP) is 0.245. The van der Waals surface area contributed by atoms with E-state index in [0.29, 0.717) is 24.9 Å². The fourth-order valence-electron chi connectivity index (χ4n) is 1.78. The van der Waals surface area contributed by atoms with Gasteiger partial charge in [0.05, 0.1) is 12.1 Å². The van der Waals surface area contributed by atoms with Gasteiger partial charge in [-0.3, -0.25) is 4.79 Å². The maximum Gasteiger partial charge on any atom is 0.237 e. The smallest absolute Gasteiger partial charge is 0.237 e. The monoisotopic (exact) mass is 282 g/mol. The molecule has 0 aliphatic carbocycles. The number of carbonyl (C=O) groups is 1. The SMILES string of the molecule is CC(O)CCCNC(=O)[C@@H](N)Cc1ccc(O)c(O)c1. The molecule has 0 aromatic heterocycles. The average Bonchev–Trinajstić information content (AvgIpc) is 2.38. The van der Waals surface area contributed by atoms with Gasteiger partial charge in [0.15, 0.2) is 11.5 Å². The van der Waals surface area contributed by atoms with Gasteiger partial charge >= 0.3 is 0 Å². The lowest BCUT2D eigenvalue weighted by Crippen LogP contribution is -2.42. The first-order chi connectivity index (χ1) is 9.40. The summed E-state index contributed by atoms with van der Waals surface area (Å²) in [4.78, 5) is 11.7. The number of nitrogens with one attached hydrogen (secondary N) is 1. The molecule has 1 rings (SSSR count). The van der Waals surface area contributed by atoms with Crippen LogP contribution in [0.4, 0.5) is 0 Å². The van der Waals surface area contributed by atoms with Crippen molar-refractivity contribution in [3.63, 3.8) is 0 Å². The second kappa shape index (κ2) is 7.72. The Morgan fingerprint density at radius 1 is 1.35 bits per heavy atom. The van der Waals surface area contributed by atoms with Gasteiger partial charge in [0.25, 0.3) is 0 Å². The third kappa shape index (κ3) is 5.46. The lowest BCUT2D eigenvalue weighted by Gasteiger charge is -2.13. The van der Waals surface area contributed by atoms with Crippen molar-refractivity contribution in [1.82, 2.24) is 5.32 Å². The third-order valence-electron chi connectivity index (χ3n) is 2.93. The highest BCUT2D eigenvalue weighted by Crippen LogP contribution is 2.25. The van der Waals surface area contributed by atoms with Crippen LogP contribution < -0.4 is 11.1 Å². The molecule has 0 saturated heterocycles. The number of aromatic hydroxyl groups is 2. The lowest BCUT2D eigenvalue weighted by molar-refractivity contribution is -0.122. The van der Waals surface area contributed by atoms with E-state index in [-0.39, 0.29) is 29.9 Å². The van der Waals surface area contributed by atoms with Gasteiger partial charge < -0.3 is 26.4 Å². The van der Waals surface area contributed by atoms with Crippen LogP contribution in [0.3, 0.4) is 0 Å². The maximum absolute atomic E-state index is 11.7. The van der Waals surface area contributed by atoms with Crippen molar-refractivity contribution in [2.75, 3.05) is 6.54 Å². The van der Waals surface area contributed by atoms with Crippen LogP contribution >= 0.6 is 0 Å². The van der Waals surface area contributed by atoms with E-state index >= 15 is 0 Å². The molecule has 0 radical (unpaired) electrons. The number of nitrogens with two attached hydrogens (primary N) is 1. The number of phenolic OH excluding ortho intramolecular Hbond substituents is 2. The van der Waals surface area contributed by atoms with E-state index in [2.05, 4.69) is 5.32 Å². The molecule has 1 aromatic rings. The quantitative estimate of drug-likeness (QED) is 0.363. The van der Waals surface area contributed by atoms with E-state index in [1.807, 2.05) is 0 Å². The van der Waals surface area contributed by atoms with Gasteiger partial charge in [0.2, 0.25) is 5.91 Å². The number of benzene rings is 1. The zero-order chi connectivity index (χ0) is 15.1. The summed E-state index contributed by atoms with van der Waals surface area (Å²) in [7, 11) is 0. The van der Waals surface area contributed by atoms with Crippen molar-refractivity contribution in [3.8, 4) is 11.5 Å². The van der Waals surface area contributed by atoms with Crippen LogP contribution in [0.5, 0.6) is 11.5 Å². The normalized spacial score (nSPS) is 13.8. The molecule has 0 aliphatic heterocycles. The molecule has 0 bridgehead atoms. The van der Waals surface area contributed by atoms with Crippen molar-refractivity contribution in [2.24, 2.45) is 5.73 Å². The Morgan fingerprint density at radius 3 is 2.65 bits per heavy atom. The molecule has 0 fully saturated rings. The molecular formula is C14H22N2O4. The van der Waals surface area contributed by atoms with Gasteiger partial charge in [-0.05, 0) is 43.9 Å². The summed E-state index contributed by atoms with van der Waals surface area (Å²) in [5, 5.41) is 30.3. The van der Waals surface area contributed by atoms with Crippen LogP contribution in [-0.2, 0) is 11.2 Å². The number of hydrogen-bond donors (Lipinski definition) is 5. The lowest BCUT2D eigenvalue weighted by atomic mass is 10.1. The minimum atomic E-state index is -0.717. The zero-order valence-electron chi connectivity index (χ0n) is 11.5. The summed E-state index contributed by atoms with van der Waals surface area (Å²) >= 11 is 0. The Labute approximate surface area is 118 Å². The highest BCUT2D eigenvalue weighted by molar-refractivity contribution is 5.81. The Kier molecular flexibility index (Phi) is 6.27. The molecule has 112 valence electrons. The highest BCUT2D eigenvalue weighted by Gasteiger charge is 2.14. The molecule has 0 heterocycles. The van der Waals surface area contributed by atoms with Crippen LogP contribution in [0.2, 0.25) is 0 Å². The van der Waals surface area contributed by atoms with E-state index in [1.165, 1.54) is 12.1 Å². The van der Waals surface area contributed by atoms with Crippen molar-refractivity contribution in [2.45, 2.75) is 38.3 Å². The molecule has 0 saturated carbocycles. The zero-order valence-corrected chi connectivity index (χ0v) is 11.5. The van der Waals surface area contributed by atoms with E-state index < -0.39 is 6.04 Å². The van der Waals surface area contributed by atoms with E-state index in [4.69, 9.17) is 10.8 Å². The molecule has 6 nitrogen and oxygen atoms in total. The summed E-state index contributed by atoms with van der Waals surface area (Å²) in [5.41, 5.74) is 6.45. The third-order valence-corrected chi connectivity index (χ3v) is 2.93. The molecule has 0 aliphatic rings. The molecular weight excluding hydrogens is 260 g/mol. The van der Waals surface area contributed by atoms with Gasteiger partial charge in [-0.1, -0.05) is 6.07 Å². The summed E-state index contributed by atoms with van der Waals surface area (Å²) in [6, 6.07) is 3.63. The van der Waals surface area contributed by atoms with Crippen molar-refractivity contribution in [1.29, 1.82) is 0 Å². The van der Waals surface area contributed by atoms with Crippen molar-refractivity contribution in [3.05, 3.63) is 23.8 Å². The molecule has 1 aromatic carbocycles. The summed E-state index contributed by atoms with van der Waals surface area (Å²) < 4.78 is 0. The average molecular weight is 282 g/mol. The van der Waals surface area contributed by atoms with Crippen LogP contribution in [0, 0.1) is 0 Å². The van der Waals surface area contributed by atoms with Gasteiger partial charge in [-0.25, -0.2) is 0 Å². The van der Waals surface area contributed by atoms with Crippen molar-refractivity contribution < 1.29 is 20.1 Å². The molecule has 0 spiro atoms. The van der Waals surface area contributed by atoms with E-state index in [9.17, 15) is 15.0 Å². The van der Waals surface area contributed by atoms with Crippen LogP contribution in [-0.4, -0.2) is 39.9 Å². The first-order valence-electron chi connectivity index (χ1n) is 6.62. The number of phenols is 2. The Hall–Kier alpha value is -1.79. The number of rotatable bonds is 7. The first-order valence-corrected chi connectivity index (χ1v) is 6.62. The van der Waals surface area contributed by atoms with Crippen molar-refractivity contribution >= 4 is 5.91 Å². The van der Waals surface area contributed by atoms with Crippen LogP contribution in [0.15, 0.2) is 18.2 Å². The Morgan fingerprint density at radius 2 is 2.05 bits per heavy atom. The number of hydrogen-bond acceptors (Lipinski definition) is 5. The Balaban J connectivity index is 2.39. The summed E-state index contributed by atoms with van der Waals surface area (Å²) in [5.74, 6) is -0.708. The molecule has 1 amide bonds. The van der Waals surface area contributed by atoms with Crippen LogP contribution in [0.25, 0.3) is 0 Å². The molecule has 2 atom stereocenters. The van der Waals surface area contributed by atoms with Gasteiger partial charge in [-0.15, -0.1) is 0 Å². The summed E-state index contributed by atoms with van der Waals surface area (Å²) in [6.45, 7) is 2.17. The standard InChI is InChI=1S/C14H22N2O4/c1-9(17)3-2-6-16-14(20)11(15)7-10-4-5-12(18)13(19)8-10/h4-5,8-9,11,17-19H,2-3,6-7,15H2,1H3,(H,16,20)/t9?,11-/m0/s1.